The van der Waals surface area contributed by atoms with E-state index in [1.165, 1.54) is 0 Å². The summed E-state index contributed by atoms with van der Waals surface area (Å²) < 4.78 is 4.68. The number of rotatable bonds is 4. The molecule has 0 aliphatic heterocycles. The van der Waals surface area contributed by atoms with Crippen LogP contribution in [0.4, 0.5) is 5.69 Å². The minimum atomic E-state index is -0.726. The van der Waals surface area contributed by atoms with Gasteiger partial charge in [-0.1, -0.05) is 18.2 Å². The van der Waals surface area contributed by atoms with E-state index in [2.05, 4.69) is 15.3 Å². The minimum absolute atomic E-state index is 0.212. The first kappa shape index (κ1) is 12.7. The van der Waals surface area contributed by atoms with Crippen molar-refractivity contribution in [1.29, 1.82) is 5.26 Å². The number of hydrazone groups is 1. The Morgan fingerprint density at radius 2 is 2.24 bits per heavy atom. The quantitative estimate of drug-likeness (QED) is 0.487. The van der Waals surface area contributed by atoms with E-state index in [9.17, 15) is 4.79 Å². The molecule has 0 radical (unpaired) electrons. The van der Waals surface area contributed by atoms with E-state index in [4.69, 9.17) is 5.26 Å². The molecule has 0 amide bonds. The molecule has 88 valence electrons. The van der Waals surface area contributed by atoms with Crippen molar-refractivity contribution in [2.45, 2.75) is 13.8 Å². The fraction of sp³-hybridized carbons (Fsp3) is 0.250. The largest absolute Gasteiger partial charge is 0.461 e. The standard InChI is InChI=1S/C12H13N3O2/c1-3-17-12(16)11(8-13)15-14-10-7-5-4-6-9(10)2/h4-7,14H,3H2,1-2H3/b15-11+. The predicted molar refractivity (Wildman–Crippen MR) is 64.5 cm³/mol. The molecule has 1 N–H and O–H groups in total. The van der Waals surface area contributed by atoms with Crippen molar-refractivity contribution in [3.05, 3.63) is 29.8 Å². The summed E-state index contributed by atoms with van der Waals surface area (Å²) in [4.78, 5) is 11.3. The zero-order chi connectivity index (χ0) is 12.7. The van der Waals surface area contributed by atoms with Gasteiger partial charge in [0.1, 0.15) is 6.07 Å². The van der Waals surface area contributed by atoms with Crippen molar-refractivity contribution < 1.29 is 9.53 Å². The Balaban J connectivity index is 2.79. The highest BCUT2D eigenvalue weighted by Gasteiger charge is 2.11. The number of hydrogen-bond donors (Lipinski definition) is 1. The molecular weight excluding hydrogens is 218 g/mol. The van der Waals surface area contributed by atoms with Crippen LogP contribution in [0.1, 0.15) is 12.5 Å². The van der Waals surface area contributed by atoms with Gasteiger partial charge >= 0.3 is 5.97 Å². The van der Waals surface area contributed by atoms with E-state index in [-0.39, 0.29) is 12.3 Å². The Morgan fingerprint density at radius 3 is 2.82 bits per heavy atom. The SMILES string of the molecule is CCOC(=O)/C(C#N)=N/Nc1ccccc1C. The van der Waals surface area contributed by atoms with Crippen LogP contribution in [-0.2, 0) is 9.53 Å². The molecule has 0 unspecified atom stereocenters. The Kier molecular flexibility index (Phi) is 4.70. The lowest BCUT2D eigenvalue weighted by molar-refractivity contribution is -0.134. The van der Waals surface area contributed by atoms with Crippen LogP contribution in [-0.4, -0.2) is 18.3 Å². The highest BCUT2D eigenvalue weighted by atomic mass is 16.5. The van der Waals surface area contributed by atoms with Crippen LogP contribution in [0.3, 0.4) is 0 Å². The summed E-state index contributed by atoms with van der Waals surface area (Å²) in [6.45, 7) is 3.78. The number of anilines is 1. The predicted octanol–water partition coefficient (Wildman–Crippen LogP) is 1.85. The second-order valence-electron chi connectivity index (χ2n) is 3.22. The van der Waals surface area contributed by atoms with E-state index >= 15 is 0 Å². The number of aryl methyl sites for hydroxylation is 1. The van der Waals surface area contributed by atoms with Crippen molar-refractivity contribution >= 4 is 17.4 Å². The molecule has 0 heterocycles. The van der Waals surface area contributed by atoms with E-state index in [1.54, 1.807) is 19.1 Å². The lowest BCUT2D eigenvalue weighted by Crippen LogP contribution is -2.17. The molecule has 1 aromatic carbocycles. The normalized spacial score (nSPS) is 10.5. The minimum Gasteiger partial charge on any atom is -0.461 e. The van der Waals surface area contributed by atoms with Crippen LogP contribution < -0.4 is 5.43 Å². The van der Waals surface area contributed by atoms with Gasteiger partial charge in [0.2, 0.25) is 5.71 Å². The zero-order valence-electron chi connectivity index (χ0n) is 9.73. The van der Waals surface area contributed by atoms with Crippen molar-refractivity contribution in [3.63, 3.8) is 0 Å². The molecule has 0 saturated heterocycles. The maximum atomic E-state index is 11.3. The Bertz CT molecular complexity index is 475. The van der Waals surface area contributed by atoms with Gasteiger partial charge in [-0.3, -0.25) is 5.43 Å². The van der Waals surface area contributed by atoms with Crippen LogP contribution in [0.15, 0.2) is 29.4 Å². The first-order valence-corrected chi connectivity index (χ1v) is 5.15. The van der Waals surface area contributed by atoms with Gasteiger partial charge in [-0.25, -0.2) is 4.79 Å². The number of carbonyl (C=O) groups is 1. The van der Waals surface area contributed by atoms with Gasteiger partial charge in [0.25, 0.3) is 0 Å². The third-order valence-corrected chi connectivity index (χ3v) is 2.01. The Hall–Kier alpha value is -2.35. The number of hydrogen-bond acceptors (Lipinski definition) is 5. The van der Waals surface area contributed by atoms with Gasteiger partial charge in [-0.2, -0.15) is 10.4 Å². The average molecular weight is 231 g/mol. The average Bonchev–Trinajstić information content (AvgIpc) is 2.32. The van der Waals surface area contributed by atoms with E-state index in [0.29, 0.717) is 0 Å². The van der Waals surface area contributed by atoms with E-state index in [0.717, 1.165) is 11.3 Å². The highest BCUT2D eigenvalue weighted by molar-refractivity contribution is 6.43. The Labute approximate surface area is 99.7 Å². The van der Waals surface area contributed by atoms with Gasteiger partial charge in [-0.05, 0) is 25.5 Å². The van der Waals surface area contributed by atoms with Gasteiger partial charge in [0.05, 0.1) is 12.3 Å². The summed E-state index contributed by atoms with van der Waals surface area (Å²) in [5.74, 6) is -0.726. The molecule has 5 nitrogen and oxygen atoms in total. The third kappa shape index (κ3) is 3.61. The summed E-state index contributed by atoms with van der Waals surface area (Å²) >= 11 is 0. The molecule has 1 rings (SSSR count). The molecule has 0 saturated carbocycles. The molecule has 0 aromatic heterocycles. The highest BCUT2D eigenvalue weighted by Crippen LogP contribution is 2.12. The van der Waals surface area contributed by atoms with Crippen LogP contribution in [0.2, 0.25) is 0 Å². The number of carbonyl (C=O) groups excluding carboxylic acids is 1. The first-order valence-electron chi connectivity index (χ1n) is 5.15. The van der Waals surface area contributed by atoms with Gasteiger partial charge in [-0.15, -0.1) is 0 Å². The fourth-order valence-corrected chi connectivity index (χ4v) is 1.13. The maximum absolute atomic E-state index is 11.3. The summed E-state index contributed by atoms with van der Waals surface area (Å²) in [6.07, 6.45) is 0. The molecule has 17 heavy (non-hydrogen) atoms. The lowest BCUT2D eigenvalue weighted by atomic mass is 10.2. The van der Waals surface area contributed by atoms with Crippen LogP contribution in [0.25, 0.3) is 0 Å². The molecule has 0 aliphatic rings. The summed E-state index contributed by atoms with van der Waals surface area (Å²) in [5.41, 5.74) is 4.08. The number of benzene rings is 1. The lowest BCUT2D eigenvalue weighted by Gasteiger charge is -2.04. The van der Waals surface area contributed by atoms with Crippen LogP contribution >= 0.6 is 0 Å². The third-order valence-electron chi connectivity index (χ3n) is 2.01. The molecule has 0 spiro atoms. The Morgan fingerprint density at radius 1 is 1.53 bits per heavy atom. The van der Waals surface area contributed by atoms with Crippen molar-refractivity contribution in [1.82, 2.24) is 0 Å². The van der Waals surface area contributed by atoms with Crippen LogP contribution in [0, 0.1) is 18.3 Å². The van der Waals surface area contributed by atoms with Gasteiger partial charge in [0.15, 0.2) is 0 Å². The van der Waals surface area contributed by atoms with Crippen molar-refractivity contribution in [2.24, 2.45) is 5.10 Å². The van der Waals surface area contributed by atoms with Gasteiger partial charge < -0.3 is 4.74 Å². The topological polar surface area (TPSA) is 74.5 Å². The molecular formula is C12H13N3O2. The molecule has 0 aliphatic carbocycles. The molecule has 0 atom stereocenters. The maximum Gasteiger partial charge on any atom is 0.369 e. The molecule has 0 bridgehead atoms. The number of nitriles is 1. The smallest absolute Gasteiger partial charge is 0.369 e. The number of nitrogens with zero attached hydrogens (tertiary/aromatic N) is 2. The van der Waals surface area contributed by atoms with Gasteiger partial charge in [0, 0.05) is 0 Å². The number of para-hydroxylation sites is 1. The number of esters is 1. The van der Waals surface area contributed by atoms with Crippen LogP contribution in [0.5, 0.6) is 0 Å². The fourth-order valence-electron chi connectivity index (χ4n) is 1.13. The second kappa shape index (κ2) is 6.28. The molecule has 5 heteroatoms. The summed E-state index contributed by atoms with van der Waals surface area (Å²) in [5, 5.41) is 12.5. The van der Waals surface area contributed by atoms with Crippen molar-refractivity contribution in [2.75, 3.05) is 12.0 Å². The number of ether oxygens (including phenoxy) is 1. The number of nitrogens with one attached hydrogen (secondary N) is 1. The van der Waals surface area contributed by atoms with Crippen molar-refractivity contribution in [3.8, 4) is 6.07 Å². The van der Waals surface area contributed by atoms with E-state index in [1.807, 2.05) is 25.1 Å². The first-order chi connectivity index (χ1) is 8.19. The van der Waals surface area contributed by atoms with E-state index < -0.39 is 5.97 Å². The zero-order valence-corrected chi connectivity index (χ0v) is 9.73. The molecule has 0 fully saturated rings. The monoisotopic (exact) mass is 231 g/mol. The second-order valence-corrected chi connectivity index (χ2v) is 3.22. The molecule has 1 aromatic rings. The summed E-state index contributed by atoms with van der Waals surface area (Å²) in [7, 11) is 0. The summed E-state index contributed by atoms with van der Waals surface area (Å²) in [6, 6.07) is 9.12.